The normalized spacial score (nSPS) is 11.4. The van der Waals surface area contributed by atoms with E-state index in [0.717, 1.165) is 5.56 Å². The van der Waals surface area contributed by atoms with Crippen LogP contribution < -0.4 is 10.1 Å². The van der Waals surface area contributed by atoms with Gasteiger partial charge in [0.1, 0.15) is 5.75 Å². The Balaban J connectivity index is 1.92. The summed E-state index contributed by atoms with van der Waals surface area (Å²) in [6, 6.07) is 14.6. The molecule has 0 heterocycles. The lowest BCUT2D eigenvalue weighted by Crippen LogP contribution is -2.39. The average molecular weight is 372 g/mol. The molecule has 2 aromatic rings. The van der Waals surface area contributed by atoms with Crippen LogP contribution in [0.2, 0.25) is 0 Å². The lowest BCUT2D eigenvalue weighted by atomic mass is 10.0. The molecule has 0 aromatic heterocycles. The second-order valence-electron chi connectivity index (χ2n) is 5.93. The Hall–Kier alpha value is -3.42. The molecule has 0 aliphatic heterocycles. The van der Waals surface area contributed by atoms with Gasteiger partial charge in [-0.05, 0) is 24.5 Å². The second kappa shape index (κ2) is 9.91. The van der Waals surface area contributed by atoms with Crippen LogP contribution in [0.15, 0.2) is 54.6 Å². The van der Waals surface area contributed by atoms with Gasteiger partial charge < -0.3 is 15.2 Å². The Kier molecular flexibility index (Phi) is 7.30. The summed E-state index contributed by atoms with van der Waals surface area (Å²) < 4.78 is 5.30. The number of non-ortho nitro benzene ring substituents is 1. The van der Waals surface area contributed by atoms with Crippen molar-refractivity contribution in [2.24, 2.45) is 0 Å². The highest BCUT2D eigenvalue weighted by molar-refractivity contribution is 5.78. The lowest BCUT2D eigenvalue weighted by Gasteiger charge is -2.18. The first-order valence-electron chi connectivity index (χ1n) is 8.36. The van der Waals surface area contributed by atoms with Crippen LogP contribution in [-0.2, 0) is 16.0 Å². The zero-order valence-electron chi connectivity index (χ0n) is 14.5. The monoisotopic (exact) mass is 372 g/mol. The van der Waals surface area contributed by atoms with Crippen LogP contribution >= 0.6 is 0 Å². The predicted molar refractivity (Wildman–Crippen MR) is 97.5 cm³/mol. The van der Waals surface area contributed by atoms with Crippen LogP contribution in [-0.4, -0.2) is 34.6 Å². The Morgan fingerprint density at radius 2 is 1.89 bits per heavy atom. The topological polar surface area (TPSA) is 119 Å². The maximum atomic E-state index is 12.2. The molecule has 2 N–H and O–H groups in total. The number of nitro benzene ring substituents is 1. The van der Waals surface area contributed by atoms with Gasteiger partial charge in [0.25, 0.3) is 11.6 Å². The quantitative estimate of drug-likeness (QED) is 0.489. The molecular weight excluding hydrogens is 352 g/mol. The number of amides is 1. The van der Waals surface area contributed by atoms with E-state index in [2.05, 4.69) is 5.32 Å². The van der Waals surface area contributed by atoms with Crippen molar-refractivity contribution in [1.82, 2.24) is 5.32 Å². The van der Waals surface area contributed by atoms with E-state index in [4.69, 9.17) is 9.84 Å². The number of aliphatic carboxylic acids is 1. The van der Waals surface area contributed by atoms with E-state index >= 15 is 0 Å². The van der Waals surface area contributed by atoms with Gasteiger partial charge >= 0.3 is 5.97 Å². The van der Waals surface area contributed by atoms with E-state index in [9.17, 15) is 19.7 Å². The molecule has 0 aliphatic carbocycles. The van der Waals surface area contributed by atoms with Gasteiger partial charge in [-0.25, -0.2) is 0 Å². The Bertz CT molecular complexity index is 794. The summed E-state index contributed by atoms with van der Waals surface area (Å²) in [4.78, 5) is 33.2. The number of carbonyl (C=O) groups excluding carboxylic acids is 1. The van der Waals surface area contributed by atoms with Crippen LogP contribution in [0.25, 0.3) is 0 Å². The molecule has 1 amide bonds. The molecule has 0 saturated carbocycles. The van der Waals surface area contributed by atoms with Crippen LogP contribution in [0.1, 0.15) is 18.4 Å². The van der Waals surface area contributed by atoms with Crippen LogP contribution in [0, 0.1) is 10.1 Å². The van der Waals surface area contributed by atoms with Crippen LogP contribution in [0.3, 0.4) is 0 Å². The fourth-order valence-corrected chi connectivity index (χ4v) is 2.53. The standard InChI is InChI=1S/C19H20N2O6/c22-18(13-27-17-8-4-7-16(12-17)21(25)26)20-15(9-10-19(23)24)11-14-5-2-1-3-6-14/h1-8,12,15H,9-11,13H2,(H,20,22)(H,23,24). The SMILES string of the molecule is O=C(O)CCC(Cc1ccccc1)NC(=O)COc1cccc([N+](=O)[O-])c1. The number of benzene rings is 2. The number of hydrogen-bond acceptors (Lipinski definition) is 5. The van der Waals surface area contributed by atoms with Gasteiger partial charge in [0.15, 0.2) is 6.61 Å². The number of carboxylic acids is 1. The van der Waals surface area contributed by atoms with Gasteiger partial charge in [-0.2, -0.15) is 0 Å². The molecule has 0 spiro atoms. The van der Waals surface area contributed by atoms with Crippen LogP contribution in [0.4, 0.5) is 5.69 Å². The molecule has 2 rings (SSSR count). The number of nitrogens with zero attached hydrogens (tertiary/aromatic N) is 1. The van der Waals surface area contributed by atoms with Crippen molar-refractivity contribution in [1.29, 1.82) is 0 Å². The third kappa shape index (κ3) is 7.15. The summed E-state index contributed by atoms with van der Waals surface area (Å²) in [5, 5.41) is 22.4. The van der Waals surface area contributed by atoms with E-state index in [1.54, 1.807) is 0 Å². The molecule has 1 unspecified atom stereocenters. The average Bonchev–Trinajstić information content (AvgIpc) is 2.65. The van der Waals surface area contributed by atoms with E-state index in [0.29, 0.717) is 6.42 Å². The molecule has 8 nitrogen and oxygen atoms in total. The lowest BCUT2D eigenvalue weighted by molar-refractivity contribution is -0.384. The van der Waals surface area contributed by atoms with Gasteiger partial charge in [0.05, 0.1) is 11.0 Å². The molecule has 0 aliphatic rings. The maximum absolute atomic E-state index is 12.2. The minimum absolute atomic E-state index is 0.0660. The van der Waals surface area contributed by atoms with Crippen molar-refractivity contribution < 1.29 is 24.4 Å². The van der Waals surface area contributed by atoms with Gasteiger partial charge in [-0.1, -0.05) is 36.4 Å². The van der Waals surface area contributed by atoms with Crippen molar-refractivity contribution in [3.8, 4) is 5.75 Å². The van der Waals surface area contributed by atoms with E-state index in [1.165, 1.54) is 24.3 Å². The van der Waals surface area contributed by atoms with Crippen molar-refractivity contribution in [2.45, 2.75) is 25.3 Å². The van der Waals surface area contributed by atoms with Gasteiger partial charge in [0, 0.05) is 18.5 Å². The fraction of sp³-hybridized carbons (Fsp3) is 0.263. The summed E-state index contributed by atoms with van der Waals surface area (Å²) in [5.74, 6) is -1.15. The van der Waals surface area contributed by atoms with Crippen molar-refractivity contribution >= 4 is 17.6 Å². The number of ether oxygens (including phenoxy) is 1. The van der Waals surface area contributed by atoms with E-state index < -0.39 is 16.8 Å². The number of carbonyl (C=O) groups is 2. The highest BCUT2D eigenvalue weighted by Gasteiger charge is 2.16. The highest BCUT2D eigenvalue weighted by atomic mass is 16.6. The maximum Gasteiger partial charge on any atom is 0.303 e. The summed E-state index contributed by atoms with van der Waals surface area (Å²) in [6.45, 7) is -0.320. The molecule has 0 radical (unpaired) electrons. The molecular formula is C19H20N2O6. The number of rotatable bonds is 10. The van der Waals surface area contributed by atoms with Crippen molar-refractivity contribution in [2.75, 3.05) is 6.61 Å². The molecule has 27 heavy (non-hydrogen) atoms. The minimum atomic E-state index is -0.935. The Morgan fingerprint density at radius 3 is 2.56 bits per heavy atom. The zero-order chi connectivity index (χ0) is 19.6. The van der Waals surface area contributed by atoms with Crippen LogP contribution in [0.5, 0.6) is 5.75 Å². The molecule has 8 heteroatoms. The number of nitro groups is 1. The van der Waals surface area contributed by atoms with Crippen molar-refractivity contribution in [3.05, 3.63) is 70.3 Å². The minimum Gasteiger partial charge on any atom is -0.484 e. The second-order valence-corrected chi connectivity index (χ2v) is 5.93. The summed E-state index contributed by atoms with van der Waals surface area (Å²) in [6.07, 6.45) is 0.715. The summed E-state index contributed by atoms with van der Waals surface area (Å²) in [5.41, 5.74) is 0.851. The number of hydrogen-bond donors (Lipinski definition) is 2. The molecule has 0 saturated heterocycles. The third-order valence-corrected chi connectivity index (χ3v) is 3.80. The molecule has 0 fully saturated rings. The van der Waals surface area contributed by atoms with Crippen molar-refractivity contribution in [3.63, 3.8) is 0 Å². The first-order chi connectivity index (χ1) is 12.9. The van der Waals surface area contributed by atoms with Gasteiger partial charge in [0.2, 0.25) is 0 Å². The summed E-state index contributed by atoms with van der Waals surface area (Å²) >= 11 is 0. The number of carboxylic acid groups (broad SMARTS) is 1. The fourth-order valence-electron chi connectivity index (χ4n) is 2.53. The third-order valence-electron chi connectivity index (χ3n) is 3.80. The summed E-state index contributed by atoms with van der Waals surface area (Å²) in [7, 11) is 0. The largest absolute Gasteiger partial charge is 0.484 e. The smallest absolute Gasteiger partial charge is 0.303 e. The molecule has 1 atom stereocenters. The zero-order valence-corrected chi connectivity index (χ0v) is 14.5. The highest BCUT2D eigenvalue weighted by Crippen LogP contribution is 2.19. The Labute approximate surface area is 155 Å². The van der Waals surface area contributed by atoms with Gasteiger partial charge in [-0.3, -0.25) is 19.7 Å². The predicted octanol–water partition coefficient (Wildman–Crippen LogP) is 2.57. The molecule has 0 bridgehead atoms. The first kappa shape index (κ1) is 19.9. The van der Waals surface area contributed by atoms with E-state index in [-0.39, 0.29) is 36.9 Å². The first-order valence-corrected chi connectivity index (χ1v) is 8.36. The van der Waals surface area contributed by atoms with Gasteiger partial charge in [-0.15, -0.1) is 0 Å². The number of nitrogens with one attached hydrogen (secondary N) is 1. The van der Waals surface area contributed by atoms with E-state index in [1.807, 2.05) is 30.3 Å². The molecule has 2 aromatic carbocycles. The molecule has 142 valence electrons. The Morgan fingerprint density at radius 1 is 1.15 bits per heavy atom.